The van der Waals surface area contributed by atoms with Gasteiger partial charge in [-0.15, -0.1) is 0 Å². The summed E-state index contributed by atoms with van der Waals surface area (Å²) in [4.78, 5) is 51.2. The minimum absolute atomic E-state index is 0.0502. The number of nitrogens with two attached hydrogens (primary N) is 1. The second-order valence-electron chi connectivity index (χ2n) is 11.2. The van der Waals surface area contributed by atoms with Crippen molar-refractivity contribution < 1.29 is 14.4 Å². The Balaban J connectivity index is 1.29. The predicted octanol–water partition coefficient (Wildman–Crippen LogP) is 3.33. The van der Waals surface area contributed by atoms with Crippen LogP contribution in [0.4, 0.5) is 0 Å². The molecule has 6 rings (SSSR count). The monoisotopic (exact) mass is 498 g/mol. The molecule has 0 unspecified atom stereocenters. The van der Waals surface area contributed by atoms with Crippen molar-refractivity contribution in [2.75, 3.05) is 13.1 Å². The molecule has 0 saturated carbocycles. The number of aromatic nitrogens is 3. The molecule has 1 aromatic carbocycles. The number of nitrogens with one attached hydrogen (secondary N) is 1. The van der Waals surface area contributed by atoms with Gasteiger partial charge in [-0.2, -0.15) is 0 Å². The molecule has 2 bridgehead atoms. The summed E-state index contributed by atoms with van der Waals surface area (Å²) in [6.45, 7) is 6.95. The van der Waals surface area contributed by atoms with Gasteiger partial charge < -0.3 is 25.1 Å². The summed E-state index contributed by atoms with van der Waals surface area (Å²) in [5.74, 6) is -0.686. The topological polar surface area (TPSA) is 117 Å². The third-order valence-electron chi connectivity index (χ3n) is 7.72. The van der Waals surface area contributed by atoms with Crippen LogP contribution in [0.5, 0.6) is 0 Å². The Morgan fingerprint density at radius 3 is 2.43 bits per heavy atom. The molecule has 0 radical (unpaired) electrons. The van der Waals surface area contributed by atoms with E-state index in [1.54, 1.807) is 18.3 Å². The van der Waals surface area contributed by atoms with Gasteiger partial charge in [-0.3, -0.25) is 19.4 Å². The fourth-order valence-electron chi connectivity index (χ4n) is 6.08. The molecule has 3 aromatic heterocycles. The largest absolute Gasteiger partial charge is 0.364 e. The van der Waals surface area contributed by atoms with Gasteiger partial charge >= 0.3 is 0 Å². The van der Waals surface area contributed by atoms with E-state index < -0.39 is 17.4 Å². The number of aromatic amines is 1. The molecule has 37 heavy (non-hydrogen) atoms. The molecule has 2 aliphatic rings. The fraction of sp³-hybridized carbons (Fsp3) is 0.357. The van der Waals surface area contributed by atoms with Gasteiger partial charge in [0, 0.05) is 30.2 Å². The highest BCUT2D eigenvalue weighted by molar-refractivity contribution is 6.00. The summed E-state index contributed by atoms with van der Waals surface area (Å²) in [7, 11) is 0. The van der Waals surface area contributed by atoms with Gasteiger partial charge in [0.05, 0.1) is 23.1 Å². The molecule has 3 atom stereocenters. The van der Waals surface area contributed by atoms with E-state index >= 15 is 0 Å². The number of piperazine rings is 1. The number of carbonyl (C=O) groups excluding carboxylic acids is 3. The third-order valence-corrected chi connectivity index (χ3v) is 7.72. The van der Waals surface area contributed by atoms with Gasteiger partial charge in [-0.25, -0.2) is 0 Å². The van der Waals surface area contributed by atoms with Crippen molar-refractivity contribution in [3.63, 3.8) is 0 Å². The maximum absolute atomic E-state index is 14.2. The average molecular weight is 499 g/mol. The first-order valence-electron chi connectivity index (χ1n) is 12.6. The Hall–Kier alpha value is -4.14. The Morgan fingerprint density at radius 1 is 1.03 bits per heavy atom. The van der Waals surface area contributed by atoms with Crippen LogP contribution in [0.25, 0.3) is 21.9 Å². The van der Waals surface area contributed by atoms with E-state index in [0.717, 1.165) is 28.4 Å². The van der Waals surface area contributed by atoms with Crippen molar-refractivity contribution in [3.8, 4) is 0 Å². The van der Waals surface area contributed by atoms with E-state index in [4.69, 9.17) is 5.73 Å². The van der Waals surface area contributed by atoms with Gasteiger partial charge in [-0.1, -0.05) is 39.0 Å². The molecule has 9 heteroatoms. The number of hydrogen-bond donors (Lipinski definition) is 2. The molecule has 190 valence electrons. The van der Waals surface area contributed by atoms with Gasteiger partial charge in [0.15, 0.2) is 0 Å². The first-order chi connectivity index (χ1) is 17.6. The van der Waals surface area contributed by atoms with E-state index in [2.05, 4.69) is 9.97 Å². The SMILES string of the molecule is CC(C)(C)[C@@H](C(=O)N1C[C@@H]2C[C@H]1CN2C(=O)c1cc2ncccc2[nH]1)n1c(C(N)=O)cc2ccccc21. The van der Waals surface area contributed by atoms with Crippen LogP contribution in [-0.2, 0) is 4.79 Å². The quantitative estimate of drug-likeness (QED) is 0.449. The molecule has 4 aromatic rings. The lowest BCUT2D eigenvalue weighted by Gasteiger charge is -2.40. The normalized spacial score (nSPS) is 20.2. The Bertz CT molecular complexity index is 1530. The standard InChI is InChI=1S/C28H30N6O3/c1-28(2,3)24(34-22-9-5-4-7-16(22)11-23(34)25(29)35)27(37)33-15-17-12-18(33)14-32(17)26(36)21-13-20-19(31-21)8-6-10-30-20/h4-11,13,17-18,24,31H,12,14-15H2,1-3H3,(H2,29,35)/t17-,18-,24+/m0/s1. The zero-order valence-corrected chi connectivity index (χ0v) is 21.1. The number of pyridine rings is 1. The summed E-state index contributed by atoms with van der Waals surface area (Å²) in [6.07, 6.45) is 2.44. The van der Waals surface area contributed by atoms with Gasteiger partial charge in [0.2, 0.25) is 5.91 Å². The maximum Gasteiger partial charge on any atom is 0.270 e. The molecular formula is C28H30N6O3. The molecule has 3 N–H and O–H groups in total. The maximum atomic E-state index is 14.2. The Kier molecular flexibility index (Phi) is 5.15. The predicted molar refractivity (Wildman–Crippen MR) is 140 cm³/mol. The van der Waals surface area contributed by atoms with Crippen LogP contribution in [0.2, 0.25) is 0 Å². The summed E-state index contributed by atoms with van der Waals surface area (Å²) in [6, 6.07) is 14.1. The van der Waals surface area contributed by atoms with Crippen LogP contribution in [-0.4, -0.2) is 67.2 Å². The second-order valence-corrected chi connectivity index (χ2v) is 11.2. The van der Waals surface area contributed by atoms with Crippen molar-refractivity contribution in [1.82, 2.24) is 24.3 Å². The van der Waals surface area contributed by atoms with E-state index in [1.165, 1.54) is 0 Å². The molecule has 2 saturated heterocycles. The number of carbonyl (C=O) groups is 3. The number of H-pyrrole nitrogens is 1. The van der Waals surface area contributed by atoms with Crippen molar-refractivity contribution >= 4 is 39.7 Å². The summed E-state index contributed by atoms with van der Waals surface area (Å²) in [5.41, 5.74) is 8.50. The fourth-order valence-corrected chi connectivity index (χ4v) is 6.08. The van der Waals surface area contributed by atoms with Crippen LogP contribution < -0.4 is 5.73 Å². The van der Waals surface area contributed by atoms with Crippen molar-refractivity contribution in [2.24, 2.45) is 11.1 Å². The second kappa shape index (κ2) is 8.19. The molecule has 0 spiro atoms. The smallest absolute Gasteiger partial charge is 0.270 e. The minimum atomic E-state index is -0.627. The molecule has 2 fully saturated rings. The summed E-state index contributed by atoms with van der Waals surface area (Å²) >= 11 is 0. The van der Waals surface area contributed by atoms with Gasteiger partial charge in [-0.05, 0) is 42.2 Å². The molecule has 2 aliphatic heterocycles. The molecule has 0 aliphatic carbocycles. The summed E-state index contributed by atoms with van der Waals surface area (Å²) < 4.78 is 1.81. The number of rotatable bonds is 4. The minimum Gasteiger partial charge on any atom is -0.364 e. The number of likely N-dealkylation sites (tertiary alicyclic amines) is 2. The van der Waals surface area contributed by atoms with Crippen molar-refractivity contribution in [2.45, 2.75) is 45.3 Å². The van der Waals surface area contributed by atoms with E-state index in [1.807, 2.05) is 71.5 Å². The van der Waals surface area contributed by atoms with Crippen LogP contribution in [0.15, 0.2) is 54.7 Å². The number of para-hydroxylation sites is 1. The van der Waals surface area contributed by atoms with Crippen LogP contribution in [0.3, 0.4) is 0 Å². The van der Waals surface area contributed by atoms with E-state index in [9.17, 15) is 14.4 Å². The number of fused-ring (bicyclic) bond motifs is 4. The third kappa shape index (κ3) is 3.68. The van der Waals surface area contributed by atoms with Gasteiger partial charge in [0.1, 0.15) is 17.4 Å². The summed E-state index contributed by atoms with van der Waals surface area (Å²) in [5, 5.41) is 0.867. The average Bonchev–Trinajstić information content (AvgIpc) is 3.63. The van der Waals surface area contributed by atoms with Crippen molar-refractivity contribution in [3.05, 3.63) is 66.1 Å². The number of primary amides is 1. The van der Waals surface area contributed by atoms with Gasteiger partial charge in [0.25, 0.3) is 11.8 Å². The number of hydrogen-bond acceptors (Lipinski definition) is 4. The number of amides is 3. The Morgan fingerprint density at radius 2 is 1.76 bits per heavy atom. The highest BCUT2D eigenvalue weighted by Crippen LogP contribution is 2.40. The van der Waals surface area contributed by atoms with Crippen LogP contribution in [0, 0.1) is 5.41 Å². The lowest BCUT2D eigenvalue weighted by Crippen LogP contribution is -2.53. The zero-order chi connectivity index (χ0) is 26.1. The lowest BCUT2D eigenvalue weighted by atomic mass is 9.85. The number of nitrogens with zero attached hydrogens (tertiary/aromatic N) is 4. The first kappa shape index (κ1) is 23.3. The van der Waals surface area contributed by atoms with Crippen molar-refractivity contribution in [1.29, 1.82) is 0 Å². The van der Waals surface area contributed by atoms with E-state index in [0.29, 0.717) is 24.5 Å². The molecule has 3 amide bonds. The highest BCUT2D eigenvalue weighted by atomic mass is 16.2. The highest BCUT2D eigenvalue weighted by Gasteiger charge is 2.50. The molecular weight excluding hydrogens is 468 g/mol. The molecule has 9 nitrogen and oxygen atoms in total. The van der Waals surface area contributed by atoms with Crippen LogP contribution in [0.1, 0.15) is 54.2 Å². The first-order valence-corrected chi connectivity index (χ1v) is 12.6. The van der Waals surface area contributed by atoms with E-state index in [-0.39, 0.29) is 23.9 Å². The Labute approximate surface area is 214 Å². The van der Waals surface area contributed by atoms with Crippen LogP contribution >= 0.6 is 0 Å². The number of benzene rings is 1. The zero-order valence-electron chi connectivity index (χ0n) is 21.1. The molecule has 5 heterocycles. The lowest BCUT2D eigenvalue weighted by molar-refractivity contribution is -0.140.